The van der Waals surface area contributed by atoms with Gasteiger partial charge in [-0.05, 0) is 13.8 Å². The lowest BCUT2D eigenvalue weighted by Crippen LogP contribution is -2.72. The van der Waals surface area contributed by atoms with E-state index in [1.807, 2.05) is 11.9 Å². The summed E-state index contributed by atoms with van der Waals surface area (Å²) in [5, 5.41) is 3.50. The Kier molecular flexibility index (Phi) is 7.34. The van der Waals surface area contributed by atoms with Crippen LogP contribution in [0, 0.1) is 5.41 Å². The topological polar surface area (TPSA) is 51.2 Å². The van der Waals surface area contributed by atoms with Crippen LogP contribution in [-0.2, 0) is 4.79 Å². The minimum Gasteiger partial charge on any atom is -0.355 e. The smallest absolute Gasteiger partial charge is 0.219 e. The molecule has 0 aliphatic carbocycles. The lowest BCUT2D eigenvalue weighted by atomic mass is 9.65. The summed E-state index contributed by atoms with van der Waals surface area (Å²) < 4.78 is 0. The van der Waals surface area contributed by atoms with Crippen molar-refractivity contribution < 1.29 is 4.79 Å². The second-order valence-corrected chi connectivity index (χ2v) is 7.85. The lowest BCUT2D eigenvalue weighted by Gasteiger charge is -2.62. The highest BCUT2D eigenvalue weighted by molar-refractivity contribution is 14.0. The van der Waals surface area contributed by atoms with Crippen molar-refractivity contribution in [1.29, 1.82) is 0 Å². The van der Waals surface area contributed by atoms with Crippen molar-refractivity contribution in [3.05, 3.63) is 0 Å². The predicted octanol–water partition coefficient (Wildman–Crippen LogP) is 1.46. The minimum atomic E-state index is 0. The van der Waals surface area contributed by atoms with Gasteiger partial charge < -0.3 is 15.1 Å². The number of hydrogen-bond acceptors (Lipinski definition) is 3. The first-order chi connectivity index (χ1) is 10.7. The van der Waals surface area contributed by atoms with E-state index in [1.165, 1.54) is 0 Å². The summed E-state index contributed by atoms with van der Waals surface area (Å²) in [5.41, 5.74) is 0.440. The molecule has 2 aliphatic heterocycles. The largest absolute Gasteiger partial charge is 0.355 e. The summed E-state index contributed by atoms with van der Waals surface area (Å²) in [5.74, 6) is 1.18. The van der Waals surface area contributed by atoms with E-state index in [9.17, 15) is 4.79 Å². The maximum absolute atomic E-state index is 11.3. The second kappa shape index (κ2) is 8.21. The molecule has 0 aromatic rings. The van der Waals surface area contributed by atoms with E-state index in [0.717, 1.165) is 51.8 Å². The fraction of sp³-hybridized carbons (Fsp3) is 0.882. The number of likely N-dealkylation sites (tertiary alicyclic amines) is 1. The molecule has 24 heavy (non-hydrogen) atoms. The fourth-order valence-corrected chi connectivity index (χ4v) is 3.31. The van der Waals surface area contributed by atoms with E-state index < -0.39 is 0 Å². The third-order valence-corrected chi connectivity index (χ3v) is 5.88. The van der Waals surface area contributed by atoms with Gasteiger partial charge in [0.05, 0.1) is 0 Å². The van der Waals surface area contributed by atoms with Crippen molar-refractivity contribution in [3.8, 4) is 0 Å². The first-order valence-electron chi connectivity index (χ1n) is 8.65. The third-order valence-electron chi connectivity index (χ3n) is 5.88. The molecule has 2 rings (SSSR count). The maximum Gasteiger partial charge on any atom is 0.219 e. The van der Waals surface area contributed by atoms with Gasteiger partial charge in [0.25, 0.3) is 0 Å². The van der Waals surface area contributed by atoms with Crippen molar-refractivity contribution in [2.45, 2.75) is 40.2 Å². The summed E-state index contributed by atoms with van der Waals surface area (Å²) in [7, 11) is 1.86. The van der Waals surface area contributed by atoms with Crippen molar-refractivity contribution >= 4 is 35.8 Å². The molecule has 0 aromatic heterocycles. The van der Waals surface area contributed by atoms with Crippen LogP contribution in [0.25, 0.3) is 0 Å². The highest BCUT2D eigenvalue weighted by Crippen LogP contribution is 2.46. The van der Waals surface area contributed by atoms with Gasteiger partial charge >= 0.3 is 0 Å². The molecule has 0 atom stereocenters. The normalized spacial score (nSPS) is 23.3. The molecule has 7 heteroatoms. The van der Waals surface area contributed by atoms with E-state index >= 15 is 0 Å². The molecule has 2 fully saturated rings. The quantitative estimate of drug-likeness (QED) is 0.401. The Morgan fingerprint density at radius 3 is 2.12 bits per heavy atom. The number of carbonyl (C=O) groups is 1. The molecule has 2 saturated heterocycles. The van der Waals surface area contributed by atoms with Crippen LogP contribution in [0.4, 0.5) is 0 Å². The van der Waals surface area contributed by atoms with Gasteiger partial charge in [0.2, 0.25) is 5.91 Å². The van der Waals surface area contributed by atoms with E-state index in [4.69, 9.17) is 0 Å². The molecule has 1 amide bonds. The summed E-state index contributed by atoms with van der Waals surface area (Å²) in [6, 6.07) is 0. The highest BCUT2D eigenvalue weighted by atomic mass is 127. The third kappa shape index (κ3) is 4.33. The number of aliphatic imine (C=N–C) groups is 1. The Morgan fingerprint density at radius 1 is 1.12 bits per heavy atom. The SMILES string of the molecule is CN=C(NCCN1CCN(C(C)=O)CC1)N1CC(C)(C)C1(C)C.I. The standard InChI is InChI=1S/C17H33N5O.HI/c1-14(23)21-11-9-20(10-12-21)8-7-19-15(18-6)22-13-16(2,3)17(22,4)5;/h7-13H2,1-6H3,(H,18,19);1H. The number of piperazine rings is 1. The van der Waals surface area contributed by atoms with Crippen molar-refractivity contribution in [3.63, 3.8) is 0 Å². The van der Waals surface area contributed by atoms with Crippen LogP contribution in [-0.4, -0.2) is 85.0 Å². The Hall–Kier alpha value is -0.570. The van der Waals surface area contributed by atoms with Crippen LogP contribution in [0.3, 0.4) is 0 Å². The lowest BCUT2D eigenvalue weighted by molar-refractivity contribution is -0.130. The van der Waals surface area contributed by atoms with Crippen molar-refractivity contribution in [2.75, 3.05) is 52.9 Å². The summed E-state index contributed by atoms with van der Waals surface area (Å²) >= 11 is 0. The molecule has 0 bridgehead atoms. The minimum absolute atomic E-state index is 0. The summed E-state index contributed by atoms with van der Waals surface area (Å²) in [4.78, 5) is 22.5. The van der Waals surface area contributed by atoms with E-state index in [1.54, 1.807) is 6.92 Å². The molecular formula is C17H34IN5O. The zero-order chi connectivity index (χ0) is 17.3. The van der Waals surface area contributed by atoms with Crippen LogP contribution >= 0.6 is 24.0 Å². The van der Waals surface area contributed by atoms with Crippen LogP contribution in [0.5, 0.6) is 0 Å². The summed E-state index contributed by atoms with van der Waals surface area (Å²) in [6.45, 7) is 17.4. The van der Waals surface area contributed by atoms with Crippen LogP contribution in [0.15, 0.2) is 4.99 Å². The van der Waals surface area contributed by atoms with Gasteiger partial charge in [0, 0.05) is 70.7 Å². The number of amides is 1. The number of hydrogen-bond donors (Lipinski definition) is 1. The number of halogens is 1. The first-order valence-corrected chi connectivity index (χ1v) is 8.65. The highest BCUT2D eigenvalue weighted by Gasteiger charge is 2.53. The molecule has 0 aromatic carbocycles. The Balaban J connectivity index is 0.00000288. The molecule has 0 radical (unpaired) electrons. The van der Waals surface area contributed by atoms with Crippen LogP contribution < -0.4 is 5.32 Å². The number of rotatable bonds is 3. The predicted molar refractivity (Wildman–Crippen MR) is 110 cm³/mol. The average Bonchev–Trinajstić information content (AvgIpc) is 2.50. The Morgan fingerprint density at radius 2 is 1.71 bits per heavy atom. The monoisotopic (exact) mass is 451 g/mol. The Labute approximate surface area is 164 Å². The van der Waals surface area contributed by atoms with Crippen molar-refractivity contribution in [1.82, 2.24) is 20.0 Å². The first kappa shape index (κ1) is 21.5. The Bertz CT molecular complexity index is 470. The van der Waals surface area contributed by atoms with E-state index in [-0.39, 0.29) is 35.4 Å². The van der Waals surface area contributed by atoms with Gasteiger partial charge in [-0.15, -0.1) is 24.0 Å². The van der Waals surface area contributed by atoms with Gasteiger partial charge in [-0.1, -0.05) is 13.8 Å². The summed E-state index contributed by atoms with van der Waals surface area (Å²) in [6.07, 6.45) is 0. The van der Waals surface area contributed by atoms with Crippen LogP contribution in [0.2, 0.25) is 0 Å². The molecule has 1 N–H and O–H groups in total. The van der Waals surface area contributed by atoms with Gasteiger partial charge in [0.1, 0.15) is 0 Å². The molecule has 6 nitrogen and oxygen atoms in total. The fourth-order valence-electron chi connectivity index (χ4n) is 3.31. The molecule has 0 saturated carbocycles. The molecule has 2 aliphatic rings. The molecule has 140 valence electrons. The number of guanidine groups is 1. The molecule has 0 unspecified atom stereocenters. The number of nitrogens with one attached hydrogen (secondary N) is 1. The van der Waals surface area contributed by atoms with E-state index in [2.05, 4.69) is 47.8 Å². The zero-order valence-corrected chi connectivity index (χ0v) is 18.4. The number of carbonyl (C=O) groups excluding carboxylic acids is 1. The molecular weight excluding hydrogens is 417 g/mol. The molecule has 0 spiro atoms. The average molecular weight is 451 g/mol. The zero-order valence-electron chi connectivity index (χ0n) is 16.1. The van der Waals surface area contributed by atoms with Gasteiger partial charge in [0.15, 0.2) is 5.96 Å². The second-order valence-electron chi connectivity index (χ2n) is 7.85. The van der Waals surface area contributed by atoms with Crippen LogP contribution in [0.1, 0.15) is 34.6 Å². The van der Waals surface area contributed by atoms with Gasteiger partial charge in [-0.3, -0.25) is 14.7 Å². The van der Waals surface area contributed by atoms with Crippen molar-refractivity contribution in [2.24, 2.45) is 10.4 Å². The van der Waals surface area contributed by atoms with Gasteiger partial charge in [-0.25, -0.2) is 0 Å². The maximum atomic E-state index is 11.3. The van der Waals surface area contributed by atoms with Gasteiger partial charge in [-0.2, -0.15) is 0 Å². The van der Waals surface area contributed by atoms with E-state index in [0.29, 0.717) is 5.41 Å². The number of nitrogens with zero attached hydrogens (tertiary/aromatic N) is 4. The molecule has 2 heterocycles.